The summed E-state index contributed by atoms with van der Waals surface area (Å²) in [5.41, 5.74) is 6.93. The van der Waals surface area contributed by atoms with E-state index in [9.17, 15) is 13.2 Å². The zero-order valence-electron chi connectivity index (χ0n) is 19.1. The van der Waals surface area contributed by atoms with Crippen molar-refractivity contribution in [3.8, 4) is 0 Å². The number of nitrogens with one attached hydrogen (secondary N) is 1. The average molecular weight is 525 g/mol. The number of likely N-dealkylation sites (tertiary alicyclic amines) is 1. The van der Waals surface area contributed by atoms with Gasteiger partial charge in [-0.15, -0.1) is 0 Å². The first-order chi connectivity index (χ1) is 16.2. The molecule has 2 aliphatic rings. The van der Waals surface area contributed by atoms with E-state index in [4.69, 9.17) is 28.9 Å². The first-order valence-electron chi connectivity index (χ1n) is 11.8. The molecule has 0 spiro atoms. The summed E-state index contributed by atoms with van der Waals surface area (Å²) in [5, 5.41) is 0.110. The van der Waals surface area contributed by atoms with E-state index in [1.807, 2.05) is 35.2 Å². The zero-order chi connectivity index (χ0) is 24.3. The number of nitrogens with zero attached hydrogens (tertiary/aromatic N) is 1. The number of amides is 1. The van der Waals surface area contributed by atoms with Crippen molar-refractivity contribution in [2.24, 2.45) is 11.8 Å². The lowest BCUT2D eigenvalue weighted by atomic mass is 9.75. The molecule has 1 amide bonds. The first kappa shape index (κ1) is 25.3. The summed E-state index contributed by atoms with van der Waals surface area (Å²) in [5.74, 6) is 1.01. The molecule has 1 saturated carbocycles. The van der Waals surface area contributed by atoms with Gasteiger partial charge in [-0.25, -0.2) is 8.42 Å². The Bertz CT molecular complexity index is 1100. The molecule has 2 aromatic carbocycles. The first-order valence-corrected chi connectivity index (χ1v) is 14.1. The van der Waals surface area contributed by atoms with Crippen LogP contribution in [0.5, 0.6) is 0 Å². The Kier molecular flexibility index (Phi) is 8.08. The number of carbonyl (C=O) groups excluding carboxylic acids is 1. The molecular formula is C25H31Cl2N3O3S. The van der Waals surface area contributed by atoms with Crippen LogP contribution in [0.15, 0.2) is 47.4 Å². The van der Waals surface area contributed by atoms with Gasteiger partial charge in [0, 0.05) is 13.1 Å². The van der Waals surface area contributed by atoms with Crippen LogP contribution in [0.2, 0.25) is 10.0 Å². The number of halogens is 2. The van der Waals surface area contributed by atoms with Crippen LogP contribution < -0.4 is 10.5 Å². The molecule has 184 valence electrons. The molecule has 0 radical (unpaired) electrons. The van der Waals surface area contributed by atoms with Gasteiger partial charge >= 0.3 is 0 Å². The second-order valence-corrected chi connectivity index (χ2v) is 11.9. The van der Waals surface area contributed by atoms with Crippen molar-refractivity contribution in [3.63, 3.8) is 0 Å². The molecule has 3 N–H and O–H groups in total. The minimum Gasteiger partial charge on any atom is -0.396 e. The molecule has 0 aromatic heterocycles. The fourth-order valence-electron chi connectivity index (χ4n) is 5.18. The van der Waals surface area contributed by atoms with Gasteiger partial charge < -0.3 is 10.6 Å². The van der Waals surface area contributed by atoms with Gasteiger partial charge in [-0.2, -0.15) is 4.72 Å². The summed E-state index contributed by atoms with van der Waals surface area (Å²) >= 11 is 12.2. The molecule has 6 nitrogen and oxygen atoms in total. The van der Waals surface area contributed by atoms with Crippen LogP contribution in [-0.4, -0.2) is 38.4 Å². The van der Waals surface area contributed by atoms with Gasteiger partial charge in [0.1, 0.15) is 6.04 Å². The third-order valence-corrected chi connectivity index (χ3v) is 9.20. The van der Waals surface area contributed by atoms with Crippen LogP contribution in [0.3, 0.4) is 0 Å². The quantitative estimate of drug-likeness (QED) is 0.505. The predicted molar refractivity (Wildman–Crippen MR) is 136 cm³/mol. The fourth-order valence-corrected chi connectivity index (χ4v) is 7.07. The summed E-state index contributed by atoms with van der Waals surface area (Å²) in [6.07, 6.45) is 6.74. The molecule has 3 atom stereocenters. The van der Waals surface area contributed by atoms with Crippen LogP contribution in [0.1, 0.15) is 44.1 Å². The summed E-state index contributed by atoms with van der Waals surface area (Å²) in [6.45, 7) is 1.37. The maximum atomic E-state index is 13.6. The normalized spacial score (nSPS) is 21.6. The van der Waals surface area contributed by atoms with Crippen LogP contribution in [0.4, 0.5) is 5.69 Å². The van der Waals surface area contributed by atoms with Gasteiger partial charge in [-0.3, -0.25) is 4.79 Å². The molecule has 2 aromatic rings. The number of nitrogen functional groups attached to an aromatic ring is 1. The number of benzene rings is 2. The Labute approximate surface area is 211 Å². The Hall–Kier alpha value is -1.80. The average Bonchev–Trinajstić information content (AvgIpc) is 2.84. The van der Waals surface area contributed by atoms with E-state index in [1.54, 1.807) is 0 Å². The van der Waals surface area contributed by atoms with Crippen molar-refractivity contribution in [2.75, 3.05) is 18.8 Å². The fraction of sp³-hybridized carbons (Fsp3) is 0.480. The van der Waals surface area contributed by atoms with E-state index < -0.39 is 16.1 Å². The number of piperidine rings is 1. The molecule has 4 rings (SSSR count). The molecule has 34 heavy (non-hydrogen) atoms. The second-order valence-electron chi connectivity index (χ2n) is 9.38. The Morgan fingerprint density at radius 3 is 2.38 bits per heavy atom. The van der Waals surface area contributed by atoms with Crippen molar-refractivity contribution < 1.29 is 13.2 Å². The summed E-state index contributed by atoms with van der Waals surface area (Å²) in [6, 6.07) is 11.4. The van der Waals surface area contributed by atoms with E-state index in [1.165, 1.54) is 31.4 Å². The van der Waals surface area contributed by atoms with Crippen LogP contribution in [0, 0.1) is 11.8 Å². The van der Waals surface area contributed by atoms with E-state index >= 15 is 0 Å². The Morgan fingerprint density at radius 2 is 1.71 bits per heavy atom. The van der Waals surface area contributed by atoms with Gasteiger partial charge in [-0.1, -0.05) is 72.8 Å². The highest BCUT2D eigenvalue weighted by atomic mass is 35.5. The van der Waals surface area contributed by atoms with E-state index in [2.05, 4.69) is 4.72 Å². The number of rotatable bonds is 7. The monoisotopic (exact) mass is 523 g/mol. The SMILES string of the molecule is Nc1c(Cl)cc(S(=O)(=O)N[C@@H](CCc2ccccc2)C(=O)N2CC[C@@H]3CCCC[C@@H]3C2)cc1Cl. The number of fused-ring (bicyclic) bond motifs is 1. The van der Waals surface area contributed by atoms with Crippen molar-refractivity contribution in [1.29, 1.82) is 0 Å². The number of nitrogens with two attached hydrogens (primary N) is 1. The number of sulfonamides is 1. The third-order valence-electron chi connectivity index (χ3n) is 7.13. The van der Waals surface area contributed by atoms with Gasteiger partial charge in [0.15, 0.2) is 0 Å². The standard InChI is InChI=1S/C25H31Cl2N3O3S/c26-21-14-20(15-22(27)24(21)28)34(32,33)29-23(11-10-17-6-2-1-3-7-17)25(31)30-13-12-18-8-4-5-9-19(18)16-30/h1-3,6-7,14-15,18-19,23,29H,4-5,8-13,16,28H2/t18-,19+,23-/m0/s1. The Balaban J connectivity index is 1.55. The molecule has 1 saturated heterocycles. The molecule has 9 heteroatoms. The summed E-state index contributed by atoms with van der Waals surface area (Å²) < 4.78 is 29.1. The second kappa shape index (κ2) is 10.9. The largest absolute Gasteiger partial charge is 0.396 e. The van der Waals surface area contributed by atoms with Crippen LogP contribution in [0.25, 0.3) is 0 Å². The minimum absolute atomic E-state index is 0.0550. The number of hydrogen-bond acceptors (Lipinski definition) is 4. The number of hydrogen-bond donors (Lipinski definition) is 2. The topological polar surface area (TPSA) is 92.5 Å². The number of aryl methyl sites for hydroxylation is 1. The number of anilines is 1. The smallest absolute Gasteiger partial charge is 0.241 e. The van der Waals surface area contributed by atoms with Gasteiger partial charge in [0.2, 0.25) is 15.9 Å². The van der Waals surface area contributed by atoms with Gasteiger partial charge in [0.05, 0.1) is 20.6 Å². The molecule has 0 bridgehead atoms. The molecular weight excluding hydrogens is 493 g/mol. The third kappa shape index (κ3) is 5.88. The van der Waals surface area contributed by atoms with Crippen molar-refractivity contribution >= 4 is 44.8 Å². The van der Waals surface area contributed by atoms with E-state index in [0.717, 1.165) is 18.4 Å². The van der Waals surface area contributed by atoms with Gasteiger partial charge in [0.25, 0.3) is 0 Å². The lowest BCUT2D eigenvalue weighted by Gasteiger charge is -2.42. The molecule has 1 aliphatic carbocycles. The molecule has 1 aliphatic heterocycles. The Morgan fingerprint density at radius 1 is 1.06 bits per heavy atom. The molecule has 2 fully saturated rings. The minimum atomic E-state index is -4.05. The molecule has 1 heterocycles. The maximum Gasteiger partial charge on any atom is 0.241 e. The zero-order valence-corrected chi connectivity index (χ0v) is 21.4. The summed E-state index contributed by atoms with van der Waals surface area (Å²) in [4.78, 5) is 15.4. The lowest BCUT2D eigenvalue weighted by molar-refractivity contribution is -0.136. The lowest BCUT2D eigenvalue weighted by Crippen LogP contribution is -2.53. The van der Waals surface area contributed by atoms with Crippen LogP contribution in [-0.2, 0) is 21.2 Å². The highest BCUT2D eigenvalue weighted by molar-refractivity contribution is 7.89. The predicted octanol–water partition coefficient (Wildman–Crippen LogP) is 4.89. The number of carbonyl (C=O) groups is 1. The van der Waals surface area contributed by atoms with E-state index in [0.29, 0.717) is 37.8 Å². The maximum absolute atomic E-state index is 13.6. The summed E-state index contributed by atoms with van der Waals surface area (Å²) in [7, 11) is -4.05. The van der Waals surface area contributed by atoms with Crippen molar-refractivity contribution in [2.45, 2.75) is 55.9 Å². The van der Waals surface area contributed by atoms with Crippen LogP contribution >= 0.6 is 23.2 Å². The van der Waals surface area contributed by atoms with Crippen molar-refractivity contribution in [1.82, 2.24) is 9.62 Å². The van der Waals surface area contributed by atoms with Crippen molar-refractivity contribution in [3.05, 3.63) is 58.1 Å². The highest BCUT2D eigenvalue weighted by Gasteiger charge is 2.36. The van der Waals surface area contributed by atoms with E-state index in [-0.39, 0.29) is 26.5 Å². The van der Waals surface area contributed by atoms with Gasteiger partial charge in [-0.05, 0) is 55.2 Å². The highest BCUT2D eigenvalue weighted by Crippen LogP contribution is 2.36. The molecule has 0 unspecified atom stereocenters.